The summed E-state index contributed by atoms with van der Waals surface area (Å²) in [5.41, 5.74) is 2.69. The first-order valence-corrected chi connectivity index (χ1v) is 15.0. The zero-order valence-corrected chi connectivity index (χ0v) is 25.1. The molecule has 0 aliphatic carbocycles. The van der Waals surface area contributed by atoms with Gasteiger partial charge in [0, 0.05) is 28.3 Å². The molecule has 0 saturated carbocycles. The van der Waals surface area contributed by atoms with Crippen molar-refractivity contribution < 1.29 is 4.79 Å². The van der Waals surface area contributed by atoms with Gasteiger partial charge in [0.25, 0.3) is 5.91 Å². The summed E-state index contributed by atoms with van der Waals surface area (Å²) in [7, 11) is 2.15. The number of carbonyl (C=O) groups excluding carboxylic acids is 1. The van der Waals surface area contributed by atoms with E-state index in [0.717, 1.165) is 52.8 Å². The fourth-order valence-electron chi connectivity index (χ4n) is 6.07. The second-order valence-electron chi connectivity index (χ2n) is 11.0. The van der Waals surface area contributed by atoms with Crippen LogP contribution >= 0.6 is 35.0 Å². The van der Waals surface area contributed by atoms with Gasteiger partial charge in [0.2, 0.25) is 0 Å². The van der Waals surface area contributed by atoms with Crippen molar-refractivity contribution in [2.24, 2.45) is 10.9 Å². The third-order valence-electron chi connectivity index (χ3n) is 8.10. The summed E-state index contributed by atoms with van der Waals surface area (Å²) in [6.07, 6.45) is 2.02. The van der Waals surface area contributed by atoms with Crippen molar-refractivity contribution >= 4 is 46.0 Å². The molecular formula is C30H36Cl2N4OS. The summed E-state index contributed by atoms with van der Waals surface area (Å²) >= 11 is 14.1. The molecule has 1 saturated heterocycles. The van der Waals surface area contributed by atoms with Gasteiger partial charge >= 0.3 is 0 Å². The van der Waals surface area contributed by atoms with E-state index in [2.05, 4.69) is 73.7 Å². The average Bonchev–Trinajstić information content (AvgIpc) is 3.39. The SMILES string of the molecule is CCN(C(=O)C1=C(C(C)C)N2C(=N[C@@](C)(c3ccc(Cl)cc3)[C@H]2c2ccc(Cl)cc2)S1)C1CCN(C)CC1. The molecule has 3 aliphatic rings. The van der Waals surface area contributed by atoms with E-state index in [-0.39, 0.29) is 23.9 Å². The van der Waals surface area contributed by atoms with Gasteiger partial charge in [-0.2, -0.15) is 0 Å². The Morgan fingerprint density at radius 2 is 1.66 bits per heavy atom. The van der Waals surface area contributed by atoms with E-state index in [1.807, 2.05) is 24.3 Å². The number of fused-ring (bicyclic) bond motifs is 1. The molecule has 5 nitrogen and oxygen atoms in total. The molecule has 0 bridgehead atoms. The summed E-state index contributed by atoms with van der Waals surface area (Å²) in [5.74, 6) is 0.281. The first-order valence-electron chi connectivity index (χ1n) is 13.5. The molecule has 0 radical (unpaired) electrons. The summed E-state index contributed by atoms with van der Waals surface area (Å²) in [5, 5.41) is 2.28. The van der Waals surface area contributed by atoms with Crippen LogP contribution in [-0.2, 0) is 10.3 Å². The van der Waals surface area contributed by atoms with Crippen LogP contribution in [0.3, 0.4) is 0 Å². The van der Waals surface area contributed by atoms with Crippen molar-refractivity contribution in [2.45, 2.75) is 58.2 Å². The summed E-state index contributed by atoms with van der Waals surface area (Å²) < 4.78 is 0. The van der Waals surface area contributed by atoms with Crippen molar-refractivity contribution in [1.29, 1.82) is 0 Å². The van der Waals surface area contributed by atoms with Crippen LogP contribution in [0.1, 0.15) is 57.7 Å². The van der Waals surface area contributed by atoms with Gasteiger partial charge in [0.1, 0.15) is 10.4 Å². The van der Waals surface area contributed by atoms with E-state index < -0.39 is 5.54 Å². The van der Waals surface area contributed by atoms with Gasteiger partial charge in [-0.25, -0.2) is 4.99 Å². The molecule has 2 aromatic rings. The Labute approximate surface area is 240 Å². The average molecular weight is 572 g/mol. The normalized spacial score (nSPS) is 24.3. The van der Waals surface area contributed by atoms with Gasteiger partial charge in [-0.1, -0.05) is 61.3 Å². The van der Waals surface area contributed by atoms with Crippen molar-refractivity contribution in [1.82, 2.24) is 14.7 Å². The van der Waals surface area contributed by atoms with Gasteiger partial charge in [-0.15, -0.1) is 0 Å². The van der Waals surface area contributed by atoms with Crippen LogP contribution in [0.2, 0.25) is 10.0 Å². The van der Waals surface area contributed by atoms with Gasteiger partial charge in [0.15, 0.2) is 5.17 Å². The van der Waals surface area contributed by atoms with Crippen LogP contribution < -0.4 is 0 Å². The quantitative estimate of drug-likeness (QED) is 0.368. The molecule has 202 valence electrons. The number of likely N-dealkylation sites (N-methyl/N-ethyl adjacent to an activating group) is 1. The molecule has 3 heterocycles. The van der Waals surface area contributed by atoms with Crippen molar-refractivity contribution in [2.75, 3.05) is 26.7 Å². The maximum atomic E-state index is 14.2. The van der Waals surface area contributed by atoms with Crippen LogP contribution in [0.5, 0.6) is 0 Å². The van der Waals surface area contributed by atoms with E-state index in [1.165, 1.54) is 11.8 Å². The number of piperidine rings is 1. The van der Waals surface area contributed by atoms with E-state index in [0.29, 0.717) is 16.6 Å². The molecule has 2 atom stereocenters. The molecule has 0 unspecified atom stereocenters. The number of aliphatic imine (C=N–C) groups is 1. The second kappa shape index (κ2) is 10.9. The number of halogens is 2. The predicted octanol–water partition coefficient (Wildman–Crippen LogP) is 7.18. The van der Waals surface area contributed by atoms with Crippen LogP contribution in [0, 0.1) is 5.92 Å². The number of benzene rings is 2. The minimum atomic E-state index is -0.562. The van der Waals surface area contributed by atoms with Crippen LogP contribution in [-0.4, -0.2) is 58.5 Å². The predicted molar refractivity (Wildman–Crippen MR) is 160 cm³/mol. The van der Waals surface area contributed by atoms with Crippen LogP contribution in [0.25, 0.3) is 0 Å². The monoisotopic (exact) mass is 570 g/mol. The van der Waals surface area contributed by atoms with E-state index in [1.54, 1.807) is 0 Å². The smallest absolute Gasteiger partial charge is 0.262 e. The molecular weight excluding hydrogens is 535 g/mol. The highest BCUT2D eigenvalue weighted by molar-refractivity contribution is 8.18. The van der Waals surface area contributed by atoms with E-state index in [4.69, 9.17) is 28.2 Å². The maximum absolute atomic E-state index is 14.2. The maximum Gasteiger partial charge on any atom is 0.262 e. The number of thioether (sulfide) groups is 1. The summed E-state index contributed by atoms with van der Waals surface area (Å²) in [6, 6.07) is 16.2. The first-order chi connectivity index (χ1) is 18.1. The fraction of sp³-hybridized carbons (Fsp3) is 0.467. The Morgan fingerprint density at radius 1 is 1.08 bits per heavy atom. The van der Waals surface area contributed by atoms with E-state index in [9.17, 15) is 4.79 Å². The number of amides is 1. The number of hydrogen-bond donors (Lipinski definition) is 0. The zero-order valence-electron chi connectivity index (χ0n) is 22.7. The number of amidine groups is 1. The lowest BCUT2D eigenvalue weighted by Gasteiger charge is -2.38. The number of carbonyl (C=O) groups is 1. The Kier molecular flexibility index (Phi) is 7.89. The lowest BCUT2D eigenvalue weighted by molar-refractivity contribution is -0.129. The number of rotatable bonds is 6. The third kappa shape index (κ3) is 4.90. The molecule has 1 amide bonds. The van der Waals surface area contributed by atoms with Crippen LogP contribution in [0.4, 0.5) is 0 Å². The summed E-state index contributed by atoms with van der Waals surface area (Å²) in [6.45, 7) is 11.4. The molecule has 0 N–H and O–H groups in total. The molecule has 3 aliphatic heterocycles. The topological polar surface area (TPSA) is 39.2 Å². The highest BCUT2D eigenvalue weighted by atomic mass is 35.5. The minimum Gasteiger partial charge on any atom is -0.335 e. The Bertz CT molecular complexity index is 1250. The Balaban J connectivity index is 1.58. The molecule has 0 aromatic heterocycles. The first kappa shape index (κ1) is 27.6. The fourth-order valence-corrected chi connectivity index (χ4v) is 7.68. The zero-order chi connectivity index (χ0) is 27.2. The molecule has 5 rings (SSSR count). The molecule has 38 heavy (non-hydrogen) atoms. The minimum absolute atomic E-state index is 0.121. The van der Waals surface area contributed by atoms with Gasteiger partial charge in [-0.3, -0.25) is 4.79 Å². The highest BCUT2D eigenvalue weighted by Crippen LogP contribution is 2.56. The van der Waals surface area contributed by atoms with Gasteiger partial charge in [-0.05, 0) is 99.9 Å². The lowest BCUT2D eigenvalue weighted by atomic mass is 9.81. The Hall–Kier alpha value is -1.99. The van der Waals surface area contributed by atoms with Crippen molar-refractivity contribution in [3.05, 3.63) is 80.3 Å². The number of nitrogens with zero attached hydrogens (tertiary/aromatic N) is 4. The van der Waals surface area contributed by atoms with Crippen molar-refractivity contribution in [3.63, 3.8) is 0 Å². The molecule has 8 heteroatoms. The molecule has 0 spiro atoms. The van der Waals surface area contributed by atoms with Crippen LogP contribution in [0.15, 0.2) is 64.1 Å². The van der Waals surface area contributed by atoms with E-state index >= 15 is 0 Å². The van der Waals surface area contributed by atoms with Gasteiger partial charge in [0.05, 0.1) is 6.04 Å². The lowest BCUT2D eigenvalue weighted by Crippen LogP contribution is -2.47. The largest absolute Gasteiger partial charge is 0.335 e. The molecule has 2 aromatic carbocycles. The van der Waals surface area contributed by atoms with Gasteiger partial charge < -0.3 is 14.7 Å². The number of likely N-dealkylation sites (tertiary alicyclic amines) is 1. The second-order valence-corrected chi connectivity index (χ2v) is 12.8. The van der Waals surface area contributed by atoms with Crippen molar-refractivity contribution in [3.8, 4) is 0 Å². The number of hydrogen-bond acceptors (Lipinski definition) is 5. The summed E-state index contributed by atoms with van der Waals surface area (Å²) in [4.78, 5) is 27.1. The third-order valence-corrected chi connectivity index (χ3v) is 9.66. The standard InChI is InChI=1S/C30H36Cl2N4OS/c1-6-35(24-15-17-34(5)18-16-24)28(37)26-25(19(2)3)36-27(20-7-11-22(31)12-8-20)30(4,33-29(36)38-26)21-9-13-23(32)14-10-21/h7-14,19,24,27H,6,15-18H2,1-5H3/t27-,30+/m1/s1. The number of allylic oxidation sites excluding steroid dienone is 1. The highest BCUT2D eigenvalue weighted by Gasteiger charge is 2.53. The molecule has 1 fully saturated rings. The Morgan fingerprint density at radius 3 is 2.21 bits per heavy atom.